The van der Waals surface area contributed by atoms with Crippen LogP contribution in [0.2, 0.25) is 0 Å². The molecule has 1 aliphatic heterocycles. The van der Waals surface area contributed by atoms with Gasteiger partial charge in [0.05, 0.1) is 10.6 Å². The standard InChI is InChI=1S/C14H21FN2O2S2/c1-9-7-12(15)13(16)10(2)14(9)21(18,19)17-8-11-3-5-20-6-4-11/h7,11,17H,3-6,8,16H2,1-2H3. The molecule has 0 saturated carbocycles. The number of sulfonamides is 1. The van der Waals surface area contributed by atoms with Gasteiger partial charge in [0.2, 0.25) is 10.0 Å². The fraction of sp³-hybridized carbons (Fsp3) is 0.571. The molecular formula is C14H21FN2O2S2. The Morgan fingerprint density at radius 2 is 2.00 bits per heavy atom. The number of hydrogen-bond donors (Lipinski definition) is 2. The van der Waals surface area contributed by atoms with Gasteiger partial charge in [0, 0.05) is 6.54 Å². The van der Waals surface area contributed by atoms with Crippen LogP contribution in [0.15, 0.2) is 11.0 Å². The Morgan fingerprint density at radius 3 is 2.62 bits per heavy atom. The van der Waals surface area contributed by atoms with E-state index in [1.807, 2.05) is 11.8 Å². The summed E-state index contributed by atoms with van der Waals surface area (Å²) in [6.07, 6.45) is 2.05. The quantitative estimate of drug-likeness (QED) is 0.831. The molecule has 4 nitrogen and oxygen atoms in total. The molecule has 1 aromatic rings. The van der Waals surface area contributed by atoms with Gasteiger partial charge in [-0.15, -0.1) is 0 Å². The van der Waals surface area contributed by atoms with Gasteiger partial charge in [0.25, 0.3) is 0 Å². The maximum Gasteiger partial charge on any atom is 0.241 e. The van der Waals surface area contributed by atoms with Gasteiger partial charge in [-0.05, 0) is 61.3 Å². The first-order chi connectivity index (χ1) is 9.83. The number of rotatable bonds is 4. The predicted octanol–water partition coefficient (Wildman–Crippen LogP) is 2.45. The van der Waals surface area contributed by atoms with Crippen LogP contribution in [0, 0.1) is 25.6 Å². The van der Waals surface area contributed by atoms with Crippen molar-refractivity contribution in [1.29, 1.82) is 0 Å². The monoisotopic (exact) mass is 332 g/mol. The number of nitrogen functional groups attached to an aromatic ring is 1. The minimum atomic E-state index is -3.66. The summed E-state index contributed by atoms with van der Waals surface area (Å²) in [5.41, 5.74) is 6.17. The summed E-state index contributed by atoms with van der Waals surface area (Å²) >= 11 is 1.90. The van der Waals surface area contributed by atoms with Gasteiger partial charge in [-0.1, -0.05) is 0 Å². The van der Waals surface area contributed by atoms with E-state index in [0.29, 0.717) is 18.0 Å². The summed E-state index contributed by atoms with van der Waals surface area (Å²) in [7, 11) is -3.66. The van der Waals surface area contributed by atoms with Crippen LogP contribution in [0.25, 0.3) is 0 Å². The number of thioether (sulfide) groups is 1. The Morgan fingerprint density at radius 1 is 1.38 bits per heavy atom. The molecule has 0 amide bonds. The number of nitrogens with two attached hydrogens (primary N) is 1. The second-order valence-electron chi connectivity index (χ2n) is 5.45. The van der Waals surface area contributed by atoms with Crippen LogP contribution >= 0.6 is 11.8 Å². The van der Waals surface area contributed by atoms with Crippen molar-refractivity contribution in [3.63, 3.8) is 0 Å². The zero-order chi connectivity index (χ0) is 15.6. The van der Waals surface area contributed by atoms with E-state index < -0.39 is 15.8 Å². The molecule has 1 aromatic carbocycles. The van der Waals surface area contributed by atoms with Crippen molar-refractivity contribution in [3.8, 4) is 0 Å². The van der Waals surface area contributed by atoms with Gasteiger partial charge in [-0.25, -0.2) is 17.5 Å². The molecule has 0 bridgehead atoms. The molecule has 1 heterocycles. The molecule has 2 rings (SSSR count). The van der Waals surface area contributed by atoms with Crippen LogP contribution in [-0.2, 0) is 10.0 Å². The third kappa shape index (κ3) is 3.70. The Kier molecular flexibility index (Phi) is 5.16. The molecular weight excluding hydrogens is 311 g/mol. The van der Waals surface area contributed by atoms with E-state index in [0.717, 1.165) is 24.3 Å². The van der Waals surface area contributed by atoms with Crippen LogP contribution in [0.5, 0.6) is 0 Å². The lowest BCUT2D eigenvalue weighted by atomic mass is 10.0. The van der Waals surface area contributed by atoms with Crippen molar-refractivity contribution in [2.24, 2.45) is 5.92 Å². The zero-order valence-corrected chi connectivity index (χ0v) is 13.9. The molecule has 0 spiro atoms. The van der Waals surface area contributed by atoms with Crippen molar-refractivity contribution in [2.75, 3.05) is 23.8 Å². The summed E-state index contributed by atoms with van der Waals surface area (Å²) in [6.45, 7) is 3.55. The number of halogens is 1. The van der Waals surface area contributed by atoms with Crippen molar-refractivity contribution >= 4 is 27.5 Å². The fourth-order valence-corrected chi connectivity index (χ4v) is 5.39. The minimum Gasteiger partial charge on any atom is -0.396 e. The average molecular weight is 332 g/mol. The molecule has 0 aromatic heterocycles. The van der Waals surface area contributed by atoms with Crippen LogP contribution in [0.1, 0.15) is 24.0 Å². The molecule has 1 aliphatic rings. The molecule has 0 atom stereocenters. The van der Waals surface area contributed by atoms with E-state index in [9.17, 15) is 12.8 Å². The van der Waals surface area contributed by atoms with Crippen LogP contribution < -0.4 is 10.5 Å². The summed E-state index contributed by atoms with van der Waals surface area (Å²) < 4.78 is 41.2. The van der Waals surface area contributed by atoms with Crippen LogP contribution in [-0.4, -0.2) is 26.5 Å². The van der Waals surface area contributed by atoms with E-state index in [2.05, 4.69) is 4.72 Å². The molecule has 1 saturated heterocycles. The van der Waals surface area contributed by atoms with E-state index in [1.165, 1.54) is 13.0 Å². The lowest BCUT2D eigenvalue weighted by molar-refractivity contribution is 0.476. The van der Waals surface area contributed by atoms with E-state index in [4.69, 9.17) is 5.73 Å². The SMILES string of the molecule is Cc1cc(F)c(N)c(C)c1S(=O)(=O)NCC1CCSCC1. The molecule has 7 heteroatoms. The number of hydrogen-bond acceptors (Lipinski definition) is 4. The third-order valence-corrected chi connectivity index (χ3v) is 6.64. The normalized spacial score (nSPS) is 17.1. The van der Waals surface area contributed by atoms with E-state index in [-0.39, 0.29) is 16.1 Å². The maximum atomic E-state index is 13.5. The summed E-state index contributed by atoms with van der Waals surface area (Å²) in [4.78, 5) is 0.103. The number of anilines is 1. The lowest BCUT2D eigenvalue weighted by Gasteiger charge is -2.22. The molecule has 118 valence electrons. The maximum absolute atomic E-state index is 13.5. The van der Waals surface area contributed by atoms with Gasteiger partial charge in [0.1, 0.15) is 5.82 Å². The second-order valence-corrected chi connectivity index (χ2v) is 8.38. The van der Waals surface area contributed by atoms with Gasteiger partial charge in [-0.3, -0.25) is 0 Å². The minimum absolute atomic E-state index is 0.102. The fourth-order valence-electron chi connectivity index (χ4n) is 2.59. The summed E-state index contributed by atoms with van der Waals surface area (Å²) in [6, 6.07) is 1.17. The Labute approximate surface area is 129 Å². The molecule has 3 N–H and O–H groups in total. The first kappa shape index (κ1) is 16.6. The lowest BCUT2D eigenvalue weighted by Crippen LogP contribution is -2.32. The first-order valence-corrected chi connectivity index (χ1v) is 9.59. The van der Waals surface area contributed by atoms with Crippen LogP contribution in [0.4, 0.5) is 10.1 Å². The van der Waals surface area contributed by atoms with Crippen molar-refractivity contribution in [2.45, 2.75) is 31.6 Å². The zero-order valence-electron chi connectivity index (χ0n) is 12.3. The van der Waals surface area contributed by atoms with Gasteiger partial charge >= 0.3 is 0 Å². The highest BCUT2D eigenvalue weighted by molar-refractivity contribution is 7.99. The Bertz CT molecular complexity index is 626. The molecule has 0 unspecified atom stereocenters. The van der Waals surface area contributed by atoms with Crippen molar-refractivity contribution in [1.82, 2.24) is 4.72 Å². The van der Waals surface area contributed by atoms with Crippen molar-refractivity contribution in [3.05, 3.63) is 23.0 Å². The van der Waals surface area contributed by atoms with E-state index in [1.54, 1.807) is 6.92 Å². The van der Waals surface area contributed by atoms with Gasteiger partial charge in [0.15, 0.2) is 0 Å². The Hall–Kier alpha value is -0.790. The largest absolute Gasteiger partial charge is 0.396 e. The number of aryl methyl sites for hydroxylation is 1. The Balaban J connectivity index is 2.21. The second kappa shape index (κ2) is 6.54. The highest BCUT2D eigenvalue weighted by atomic mass is 32.2. The summed E-state index contributed by atoms with van der Waals surface area (Å²) in [5, 5.41) is 0. The summed E-state index contributed by atoms with van der Waals surface area (Å²) in [5.74, 6) is 1.95. The van der Waals surface area contributed by atoms with Gasteiger partial charge in [-0.2, -0.15) is 11.8 Å². The third-order valence-electron chi connectivity index (χ3n) is 3.87. The molecule has 0 aliphatic carbocycles. The first-order valence-electron chi connectivity index (χ1n) is 6.95. The van der Waals surface area contributed by atoms with Gasteiger partial charge < -0.3 is 5.73 Å². The number of benzene rings is 1. The molecule has 21 heavy (non-hydrogen) atoms. The van der Waals surface area contributed by atoms with Crippen LogP contribution in [0.3, 0.4) is 0 Å². The molecule has 0 radical (unpaired) electrons. The molecule has 1 fully saturated rings. The average Bonchev–Trinajstić information content (AvgIpc) is 2.44. The smallest absolute Gasteiger partial charge is 0.241 e. The predicted molar refractivity (Wildman–Crippen MR) is 85.5 cm³/mol. The number of nitrogens with one attached hydrogen (secondary N) is 1. The highest BCUT2D eigenvalue weighted by Gasteiger charge is 2.24. The highest BCUT2D eigenvalue weighted by Crippen LogP contribution is 2.28. The van der Waals surface area contributed by atoms with Crippen molar-refractivity contribution < 1.29 is 12.8 Å². The topological polar surface area (TPSA) is 72.2 Å². The van der Waals surface area contributed by atoms with E-state index >= 15 is 0 Å².